The number of rotatable bonds is 9. The third-order valence-electron chi connectivity index (χ3n) is 3.22. The van der Waals surface area contributed by atoms with Crippen molar-refractivity contribution in [3.63, 3.8) is 0 Å². The first-order valence-corrected chi connectivity index (χ1v) is 8.41. The Morgan fingerprint density at radius 1 is 1.00 bits per heavy atom. The minimum atomic E-state index is -0.633. The Morgan fingerprint density at radius 2 is 1.77 bits per heavy atom. The molecule has 0 atom stereocenters. The molecule has 0 aromatic heterocycles. The highest BCUT2D eigenvalue weighted by Crippen LogP contribution is 2.15. The molecular formula is C19H20ClNO5. The second-order valence-electron chi connectivity index (χ2n) is 5.42. The van der Waals surface area contributed by atoms with Gasteiger partial charge in [0.05, 0.1) is 6.54 Å². The molecule has 2 aromatic carbocycles. The number of amides is 1. The van der Waals surface area contributed by atoms with Gasteiger partial charge in [0.2, 0.25) is 0 Å². The summed E-state index contributed by atoms with van der Waals surface area (Å²) in [4.78, 5) is 23.2. The van der Waals surface area contributed by atoms with Gasteiger partial charge in [-0.05, 0) is 48.9 Å². The normalized spacial score (nSPS) is 10.1. The standard InChI is InChI=1S/C19H20ClNO5/c1-14-3-2-4-17(11-14)24-10-9-21-18(22)12-26-19(23)13-25-16-7-5-15(20)6-8-16/h2-8,11H,9-10,12-13H2,1H3,(H,21,22). The van der Waals surface area contributed by atoms with Crippen LogP contribution in [0.5, 0.6) is 11.5 Å². The number of hydrogen-bond donors (Lipinski definition) is 1. The zero-order valence-electron chi connectivity index (χ0n) is 14.4. The predicted octanol–water partition coefficient (Wildman–Crippen LogP) is 2.77. The first-order chi connectivity index (χ1) is 12.5. The maximum Gasteiger partial charge on any atom is 0.344 e. The van der Waals surface area contributed by atoms with Crippen LogP contribution in [0.2, 0.25) is 5.02 Å². The Labute approximate surface area is 157 Å². The van der Waals surface area contributed by atoms with Gasteiger partial charge in [-0.25, -0.2) is 4.79 Å². The molecule has 6 nitrogen and oxygen atoms in total. The average Bonchev–Trinajstić information content (AvgIpc) is 2.63. The minimum Gasteiger partial charge on any atom is -0.492 e. The van der Waals surface area contributed by atoms with Crippen LogP contribution in [0.4, 0.5) is 0 Å². The smallest absolute Gasteiger partial charge is 0.344 e. The lowest BCUT2D eigenvalue weighted by atomic mass is 10.2. The number of aryl methyl sites for hydroxylation is 1. The molecule has 2 rings (SSSR count). The molecule has 2 aromatic rings. The molecule has 0 spiro atoms. The monoisotopic (exact) mass is 377 g/mol. The summed E-state index contributed by atoms with van der Waals surface area (Å²) in [6.07, 6.45) is 0. The number of hydrogen-bond acceptors (Lipinski definition) is 5. The van der Waals surface area contributed by atoms with Crippen molar-refractivity contribution in [1.82, 2.24) is 5.32 Å². The van der Waals surface area contributed by atoms with Crippen LogP contribution in [0, 0.1) is 6.92 Å². The molecule has 0 aliphatic carbocycles. The van der Waals surface area contributed by atoms with Crippen LogP contribution in [0.25, 0.3) is 0 Å². The number of nitrogens with one attached hydrogen (secondary N) is 1. The SMILES string of the molecule is Cc1cccc(OCCNC(=O)COC(=O)COc2ccc(Cl)cc2)c1. The van der Waals surface area contributed by atoms with Gasteiger partial charge in [-0.2, -0.15) is 0 Å². The van der Waals surface area contributed by atoms with E-state index in [0.29, 0.717) is 23.9 Å². The molecule has 7 heteroatoms. The fraction of sp³-hybridized carbons (Fsp3) is 0.263. The summed E-state index contributed by atoms with van der Waals surface area (Å²) in [5.74, 6) is 0.193. The van der Waals surface area contributed by atoms with Gasteiger partial charge in [-0.3, -0.25) is 4.79 Å². The van der Waals surface area contributed by atoms with E-state index < -0.39 is 11.9 Å². The topological polar surface area (TPSA) is 73.9 Å². The molecule has 0 heterocycles. The van der Waals surface area contributed by atoms with Gasteiger partial charge in [0, 0.05) is 5.02 Å². The molecule has 26 heavy (non-hydrogen) atoms. The molecular weight excluding hydrogens is 358 g/mol. The van der Waals surface area contributed by atoms with E-state index in [1.165, 1.54) is 0 Å². The first-order valence-electron chi connectivity index (χ1n) is 8.03. The maximum absolute atomic E-state index is 11.6. The Kier molecular flexibility index (Phi) is 7.76. The van der Waals surface area contributed by atoms with Crippen molar-refractivity contribution in [2.24, 2.45) is 0 Å². The van der Waals surface area contributed by atoms with Gasteiger partial charge >= 0.3 is 5.97 Å². The second kappa shape index (κ2) is 10.3. The third kappa shape index (κ3) is 7.44. The van der Waals surface area contributed by atoms with Crippen LogP contribution >= 0.6 is 11.6 Å². The highest BCUT2D eigenvalue weighted by atomic mass is 35.5. The number of carbonyl (C=O) groups is 2. The van der Waals surface area contributed by atoms with Crippen LogP contribution in [-0.4, -0.2) is 38.2 Å². The summed E-state index contributed by atoms with van der Waals surface area (Å²) >= 11 is 5.75. The summed E-state index contributed by atoms with van der Waals surface area (Å²) in [7, 11) is 0. The van der Waals surface area contributed by atoms with E-state index >= 15 is 0 Å². The van der Waals surface area contributed by atoms with Crippen molar-refractivity contribution in [3.8, 4) is 11.5 Å². The number of benzene rings is 2. The highest BCUT2D eigenvalue weighted by molar-refractivity contribution is 6.30. The quantitative estimate of drug-likeness (QED) is 0.537. The van der Waals surface area contributed by atoms with Crippen molar-refractivity contribution in [2.75, 3.05) is 26.4 Å². The summed E-state index contributed by atoms with van der Waals surface area (Å²) < 4.78 is 15.6. The van der Waals surface area contributed by atoms with Gasteiger partial charge < -0.3 is 19.5 Å². The van der Waals surface area contributed by atoms with Gasteiger partial charge in [0.25, 0.3) is 5.91 Å². The minimum absolute atomic E-state index is 0.286. The Balaban J connectivity index is 1.56. The molecule has 138 valence electrons. The first kappa shape index (κ1) is 19.6. The Morgan fingerprint density at radius 3 is 2.50 bits per heavy atom. The third-order valence-corrected chi connectivity index (χ3v) is 3.47. The van der Waals surface area contributed by atoms with Crippen LogP contribution in [0.3, 0.4) is 0 Å². The number of carbonyl (C=O) groups excluding carboxylic acids is 2. The van der Waals surface area contributed by atoms with Crippen molar-refractivity contribution < 1.29 is 23.8 Å². The molecule has 0 saturated heterocycles. The fourth-order valence-electron chi connectivity index (χ4n) is 1.98. The molecule has 1 N–H and O–H groups in total. The summed E-state index contributed by atoms with van der Waals surface area (Å²) in [6.45, 7) is 1.95. The molecule has 0 aliphatic rings. The van der Waals surface area contributed by atoms with E-state index in [2.05, 4.69) is 5.32 Å². The lowest BCUT2D eigenvalue weighted by Crippen LogP contribution is -2.32. The number of esters is 1. The fourth-order valence-corrected chi connectivity index (χ4v) is 2.10. The number of ether oxygens (including phenoxy) is 3. The zero-order valence-corrected chi connectivity index (χ0v) is 15.1. The van der Waals surface area contributed by atoms with E-state index in [-0.39, 0.29) is 13.2 Å². The van der Waals surface area contributed by atoms with Gasteiger partial charge in [0.15, 0.2) is 13.2 Å². The van der Waals surface area contributed by atoms with Crippen molar-refractivity contribution in [2.45, 2.75) is 6.92 Å². The van der Waals surface area contributed by atoms with Crippen molar-refractivity contribution in [1.29, 1.82) is 0 Å². The Hall–Kier alpha value is -2.73. The summed E-state index contributed by atoms with van der Waals surface area (Å²) in [6, 6.07) is 14.2. The van der Waals surface area contributed by atoms with Gasteiger partial charge in [-0.1, -0.05) is 23.7 Å². The van der Waals surface area contributed by atoms with E-state index in [1.54, 1.807) is 24.3 Å². The van der Waals surface area contributed by atoms with Crippen molar-refractivity contribution >= 4 is 23.5 Å². The average molecular weight is 378 g/mol. The highest BCUT2D eigenvalue weighted by Gasteiger charge is 2.08. The Bertz CT molecular complexity index is 733. The summed E-state index contributed by atoms with van der Waals surface area (Å²) in [5.41, 5.74) is 1.10. The molecule has 0 bridgehead atoms. The largest absolute Gasteiger partial charge is 0.492 e. The van der Waals surface area contributed by atoms with E-state index in [4.69, 9.17) is 25.8 Å². The molecule has 0 saturated carbocycles. The molecule has 0 fully saturated rings. The van der Waals surface area contributed by atoms with Crippen LogP contribution < -0.4 is 14.8 Å². The van der Waals surface area contributed by atoms with Crippen LogP contribution in [0.1, 0.15) is 5.56 Å². The molecule has 0 unspecified atom stereocenters. The van der Waals surface area contributed by atoms with Crippen LogP contribution in [0.15, 0.2) is 48.5 Å². The zero-order chi connectivity index (χ0) is 18.8. The lowest BCUT2D eigenvalue weighted by Gasteiger charge is -2.09. The van der Waals surface area contributed by atoms with Crippen molar-refractivity contribution in [3.05, 3.63) is 59.1 Å². The van der Waals surface area contributed by atoms with Gasteiger partial charge in [-0.15, -0.1) is 0 Å². The molecule has 0 radical (unpaired) electrons. The maximum atomic E-state index is 11.6. The molecule has 0 aliphatic heterocycles. The second-order valence-corrected chi connectivity index (χ2v) is 5.85. The van der Waals surface area contributed by atoms with Crippen LogP contribution in [-0.2, 0) is 14.3 Å². The van der Waals surface area contributed by atoms with E-state index in [0.717, 1.165) is 11.3 Å². The number of halogens is 1. The summed E-state index contributed by atoms with van der Waals surface area (Å²) in [5, 5.41) is 3.18. The van der Waals surface area contributed by atoms with E-state index in [9.17, 15) is 9.59 Å². The predicted molar refractivity (Wildman–Crippen MR) is 97.6 cm³/mol. The van der Waals surface area contributed by atoms with E-state index in [1.807, 2.05) is 31.2 Å². The lowest BCUT2D eigenvalue weighted by molar-refractivity contribution is -0.150. The van der Waals surface area contributed by atoms with Gasteiger partial charge in [0.1, 0.15) is 18.1 Å². The molecule has 1 amide bonds.